The van der Waals surface area contributed by atoms with Crippen LogP contribution in [0.4, 0.5) is 0 Å². The van der Waals surface area contributed by atoms with Gasteiger partial charge in [0, 0.05) is 0 Å². The van der Waals surface area contributed by atoms with Crippen molar-refractivity contribution in [2.45, 2.75) is 20.3 Å². The Hall–Kier alpha value is -0.915. The molecule has 0 aliphatic carbocycles. The number of phenolic OH excluding ortho intramolecular Hbond substituents is 1. The van der Waals surface area contributed by atoms with E-state index in [-0.39, 0.29) is 5.75 Å². The van der Waals surface area contributed by atoms with E-state index < -0.39 is 0 Å². The molecule has 0 unspecified atom stereocenters. The Morgan fingerprint density at radius 3 is 2.58 bits per heavy atom. The maximum atomic E-state index is 9.15. The molecule has 1 aromatic carbocycles. The van der Waals surface area contributed by atoms with E-state index in [0.717, 1.165) is 6.42 Å². The molecule has 0 amide bonds. The fourth-order valence-electron chi connectivity index (χ4n) is 1.20. The Kier molecular flexibility index (Phi) is 2.80. The molecule has 2 radical (unpaired) electrons. The van der Waals surface area contributed by atoms with Gasteiger partial charge in [-0.05, 0) is 24.0 Å². The maximum absolute atomic E-state index is 9.15. The Morgan fingerprint density at radius 2 is 2.08 bits per heavy atom. The van der Waals surface area contributed by atoms with Gasteiger partial charge < -0.3 is 5.11 Å². The molecule has 1 aromatic rings. The van der Waals surface area contributed by atoms with E-state index >= 15 is 0 Å². The number of rotatable bonds is 2. The highest BCUT2D eigenvalue weighted by molar-refractivity contribution is 6.34. The lowest BCUT2D eigenvalue weighted by molar-refractivity contribution is 0.479. The van der Waals surface area contributed by atoms with Gasteiger partial charge in [0.25, 0.3) is 0 Å². The van der Waals surface area contributed by atoms with Gasteiger partial charge in [0.15, 0.2) is 0 Å². The summed E-state index contributed by atoms with van der Waals surface area (Å²) >= 11 is 0. The number of aromatic hydroxyl groups is 1. The third kappa shape index (κ3) is 2.30. The van der Waals surface area contributed by atoms with Crippen LogP contribution in [0.5, 0.6) is 5.75 Å². The second-order valence-electron chi connectivity index (χ2n) is 3.49. The van der Waals surface area contributed by atoms with Crippen molar-refractivity contribution in [2.75, 3.05) is 0 Å². The standard InChI is InChI=1S/C10H13BO/c1-7(2)5-8-3-4-10(12)9(11)6-8/h3-4,6-7,12H,5H2,1-2H3. The van der Waals surface area contributed by atoms with Crippen LogP contribution in [-0.4, -0.2) is 13.0 Å². The normalized spacial score (nSPS) is 10.6. The lowest BCUT2D eigenvalue weighted by atomic mass is 9.91. The van der Waals surface area contributed by atoms with Gasteiger partial charge >= 0.3 is 0 Å². The summed E-state index contributed by atoms with van der Waals surface area (Å²) in [5.74, 6) is 0.788. The van der Waals surface area contributed by atoms with Crippen LogP contribution in [0.25, 0.3) is 0 Å². The summed E-state index contributed by atoms with van der Waals surface area (Å²) in [6.45, 7) is 4.31. The maximum Gasteiger partial charge on any atom is 0.119 e. The molecule has 2 heteroatoms. The Balaban J connectivity index is 2.82. The van der Waals surface area contributed by atoms with Crippen molar-refractivity contribution in [3.05, 3.63) is 23.8 Å². The lowest BCUT2D eigenvalue weighted by Gasteiger charge is -2.06. The molecule has 0 fully saturated rings. The van der Waals surface area contributed by atoms with E-state index in [2.05, 4.69) is 13.8 Å². The van der Waals surface area contributed by atoms with Gasteiger partial charge in [-0.3, -0.25) is 0 Å². The Morgan fingerprint density at radius 1 is 1.42 bits per heavy atom. The molecule has 0 atom stereocenters. The van der Waals surface area contributed by atoms with Crippen molar-refractivity contribution < 1.29 is 5.11 Å². The molecule has 62 valence electrons. The van der Waals surface area contributed by atoms with Crippen molar-refractivity contribution in [3.8, 4) is 5.75 Å². The molecule has 12 heavy (non-hydrogen) atoms. The third-order valence-corrected chi connectivity index (χ3v) is 1.74. The Labute approximate surface area is 74.8 Å². The molecule has 1 N–H and O–H groups in total. The van der Waals surface area contributed by atoms with E-state index in [1.165, 1.54) is 5.56 Å². The molecule has 1 rings (SSSR count). The molecule has 0 bridgehead atoms. The smallest absolute Gasteiger partial charge is 0.119 e. The molecular weight excluding hydrogens is 147 g/mol. The van der Waals surface area contributed by atoms with Crippen LogP contribution in [0.1, 0.15) is 19.4 Å². The second-order valence-corrected chi connectivity index (χ2v) is 3.49. The molecule has 0 spiro atoms. The van der Waals surface area contributed by atoms with Crippen LogP contribution >= 0.6 is 0 Å². The van der Waals surface area contributed by atoms with Crippen molar-refractivity contribution in [2.24, 2.45) is 5.92 Å². The molecule has 1 nitrogen and oxygen atoms in total. The van der Waals surface area contributed by atoms with E-state index in [0.29, 0.717) is 11.4 Å². The second kappa shape index (κ2) is 3.66. The van der Waals surface area contributed by atoms with E-state index in [1.54, 1.807) is 6.07 Å². The first-order valence-corrected chi connectivity index (χ1v) is 4.17. The summed E-state index contributed by atoms with van der Waals surface area (Å²) in [7, 11) is 5.55. The average Bonchev–Trinajstić information content (AvgIpc) is 1.96. The fraction of sp³-hybridized carbons (Fsp3) is 0.400. The van der Waals surface area contributed by atoms with Crippen molar-refractivity contribution >= 4 is 13.3 Å². The van der Waals surface area contributed by atoms with Gasteiger partial charge in [0.2, 0.25) is 0 Å². The largest absolute Gasteiger partial charge is 0.509 e. The monoisotopic (exact) mass is 160 g/mol. The first-order chi connectivity index (χ1) is 5.59. The zero-order valence-electron chi connectivity index (χ0n) is 7.54. The average molecular weight is 160 g/mol. The summed E-state index contributed by atoms with van der Waals surface area (Å²) in [5.41, 5.74) is 1.65. The number of phenols is 1. The van der Waals surface area contributed by atoms with Crippen molar-refractivity contribution in [1.29, 1.82) is 0 Å². The first kappa shape index (κ1) is 9.18. The molecule has 0 aromatic heterocycles. The van der Waals surface area contributed by atoms with E-state index in [9.17, 15) is 0 Å². The summed E-state index contributed by atoms with van der Waals surface area (Å²) in [4.78, 5) is 0. The van der Waals surface area contributed by atoms with Crippen molar-refractivity contribution in [1.82, 2.24) is 0 Å². The minimum atomic E-state index is 0.169. The minimum Gasteiger partial charge on any atom is -0.509 e. The summed E-state index contributed by atoms with van der Waals surface area (Å²) in [6, 6.07) is 5.38. The fourth-order valence-corrected chi connectivity index (χ4v) is 1.20. The van der Waals surface area contributed by atoms with Crippen molar-refractivity contribution in [3.63, 3.8) is 0 Å². The highest BCUT2D eigenvalue weighted by Crippen LogP contribution is 2.10. The van der Waals surface area contributed by atoms with E-state index in [1.807, 2.05) is 12.1 Å². The molecule has 0 saturated heterocycles. The first-order valence-electron chi connectivity index (χ1n) is 4.17. The summed E-state index contributed by atoms with van der Waals surface area (Å²) in [6.07, 6.45) is 1.00. The summed E-state index contributed by atoms with van der Waals surface area (Å²) < 4.78 is 0. The van der Waals surface area contributed by atoms with Gasteiger partial charge in [-0.15, -0.1) is 0 Å². The van der Waals surface area contributed by atoms with Gasteiger partial charge in [-0.2, -0.15) is 0 Å². The number of benzene rings is 1. The number of hydrogen-bond donors (Lipinski definition) is 1. The Bertz CT molecular complexity index is 269. The quantitative estimate of drug-likeness (QED) is 0.648. The zero-order chi connectivity index (χ0) is 9.14. The highest BCUT2D eigenvalue weighted by atomic mass is 16.3. The lowest BCUT2D eigenvalue weighted by Crippen LogP contribution is -2.05. The summed E-state index contributed by atoms with van der Waals surface area (Å²) in [5, 5.41) is 9.15. The molecular formula is C10H13BO. The molecule has 0 heterocycles. The van der Waals surface area contributed by atoms with Crippen LogP contribution in [-0.2, 0) is 6.42 Å². The van der Waals surface area contributed by atoms with Gasteiger partial charge in [-0.25, -0.2) is 0 Å². The van der Waals surface area contributed by atoms with Gasteiger partial charge in [-0.1, -0.05) is 31.4 Å². The topological polar surface area (TPSA) is 20.2 Å². The predicted octanol–water partition coefficient (Wildman–Crippen LogP) is 1.38. The van der Waals surface area contributed by atoms with Crippen LogP contribution in [0, 0.1) is 5.92 Å². The van der Waals surface area contributed by atoms with Crippen LogP contribution in [0.2, 0.25) is 0 Å². The van der Waals surface area contributed by atoms with Crippen LogP contribution in [0.3, 0.4) is 0 Å². The van der Waals surface area contributed by atoms with Crippen LogP contribution < -0.4 is 5.46 Å². The third-order valence-electron chi connectivity index (χ3n) is 1.74. The van der Waals surface area contributed by atoms with Crippen LogP contribution in [0.15, 0.2) is 18.2 Å². The number of hydrogen-bond acceptors (Lipinski definition) is 1. The SMILES string of the molecule is [B]c1cc(CC(C)C)ccc1O. The highest BCUT2D eigenvalue weighted by Gasteiger charge is 1.99. The molecule has 0 saturated carbocycles. The predicted molar refractivity (Wildman–Crippen MR) is 52.0 cm³/mol. The van der Waals surface area contributed by atoms with E-state index in [4.69, 9.17) is 13.0 Å². The van der Waals surface area contributed by atoms with Gasteiger partial charge in [0.1, 0.15) is 13.6 Å². The van der Waals surface area contributed by atoms with Gasteiger partial charge in [0.05, 0.1) is 0 Å². The molecule has 0 aliphatic rings. The molecule has 0 aliphatic heterocycles. The zero-order valence-corrected chi connectivity index (χ0v) is 7.54. The minimum absolute atomic E-state index is 0.169.